The van der Waals surface area contributed by atoms with E-state index in [4.69, 9.17) is 0 Å². The predicted molar refractivity (Wildman–Crippen MR) is 58.3 cm³/mol. The fraction of sp³-hybridized carbons (Fsp3) is 0.917. The van der Waals surface area contributed by atoms with Crippen LogP contribution in [0.4, 0.5) is 0 Å². The number of carbonyl (C=O) groups is 1. The van der Waals surface area contributed by atoms with Crippen molar-refractivity contribution < 1.29 is 9.90 Å². The highest BCUT2D eigenvalue weighted by molar-refractivity contribution is 5.79. The zero-order chi connectivity index (χ0) is 10.7. The molecule has 0 bridgehead atoms. The van der Waals surface area contributed by atoms with Gasteiger partial charge >= 0.3 is 0 Å². The lowest BCUT2D eigenvalue weighted by Gasteiger charge is -2.32. The quantitative estimate of drug-likeness (QED) is 0.689. The third kappa shape index (κ3) is 2.51. The van der Waals surface area contributed by atoms with Crippen molar-refractivity contribution in [3.63, 3.8) is 0 Å². The van der Waals surface area contributed by atoms with Crippen molar-refractivity contribution in [2.45, 2.75) is 51.0 Å². The number of carbonyl (C=O) groups excluding carboxylic acids is 1. The van der Waals surface area contributed by atoms with E-state index in [9.17, 15) is 9.90 Å². The maximum Gasteiger partial charge on any atom is 0.223 e. The highest BCUT2D eigenvalue weighted by Gasteiger charge is 2.35. The van der Waals surface area contributed by atoms with E-state index in [1.165, 1.54) is 6.42 Å². The van der Waals surface area contributed by atoms with E-state index in [0.717, 1.165) is 45.1 Å². The molecule has 3 nitrogen and oxygen atoms in total. The maximum absolute atomic E-state index is 11.8. The van der Waals surface area contributed by atoms with Crippen LogP contribution >= 0.6 is 0 Å². The Balaban J connectivity index is 2.02. The molecule has 3 unspecified atom stereocenters. The molecule has 2 N–H and O–H groups in total. The molecule has 1 amide bonds. The Morgan fingerprint density at radius 2 is 1.80 bits per heavy atom. The molecule has 3 heteroatoms. The normalized spacial score (nSPS) is 38.2. The fourth-order valence-corrected chi connectivity index (χ4v) is 2.98. The Bertz CT molecular complexity index is 230. The van der Waals surface area contributed by atoms with Crippen molar-refractivity contribution >= 4 is 5.91 Å². The first-order valence-electron chi connectivity index (χ1n) is 6.25. The van der Waals surface area contributed by atoms with Crippen LogP contribution in [-0.2, 0) is 4.79 Å². The standard InChI is InChI=1S/C12H21NO2/c14-11-7-2-1-5-9(11)10-6-3-4-8-13-12(10)15/h9-11,14H,1-8H2,(H,13,15). The average molecular weight is 211 g/mol. The molecule has 86 valence electrons. The highest BCUT2D eigenvalue weighted by atomic mass is 16.3. The Kier molecular flexibility index (Phi) is 3.62. The molecule has 0 aromatic carbocycles. The van der Waals surface area contributed by atoms with E-state index in [1.54, 1.807) is 0 Å². The third-order valence-corrected chi connectivity index (χ3v) is 3.88. The van der Waals surface area contributed by atoms with Gasteiger partial charge in [0.2, 0.25) is 5.91 Å². The van der Waals surface area contributed by atoms with Gasteiger partial charge in [-0.05, 0) is 31.6 Å². The van der Waals surface area contributed by atoms with Crippen LogP contribution in [0.3, 0.4) is 0 Å². The molecule has 1 aliphatic carbocycles. The van der Waals surface area contributed by atoms with E-state index in [1.807, 2.05) is 0 Å². The van der Waals surface area contributed by atoms with Crippen LogP contribution in [0, 0.1) is 11.8 Å². The summed E-state index contributed by atoms with van der Waals surface area (Å²) in [5.41, 5.74) is 0. The lowest BCUT2D eigenvalue weighted by Crippen LogP contribution is -2.39. The fourth-order valence-electron chi connectivity index (χ4n) is 2.98. The summed E-state index contributed by atoms with van der Waals surface area (Å²) in [6.45, 7) is 0.818. The van der Waals surface area contributed by atoms with Gasteiger partial charge in [-0.2, -0.15) is 0 Å². The van der Waals surface area contributed by atoms with Gasteiger partial charge in [0, 0.05) is 12.5 Å². The summed E-state index contributed by atoms with van der Waals surface area (Å²) in [5.74, 6) is 0.470. The van der Waals surface area contributed by atoms with Gasteiger partial charge in [-0.25, -0.2) is 0 Å². The number of rotatable bonds is 1. The number of hydrogen-bond acceptors (Lipinski definition) is 2. The van der Waals surface area contributed by atoms with Gasteiger partial charge in [0.25, 0.3) is 0 Å². The number of aliphatic hydroxyl groups excluding tert-OH is 1. The van der Waals surface area contributed by atoms with Crippen molar-refractivity contribution in [1.82, 2.24) is 5.32 Å². The van der Waals surface area contributed by atoms with Crippen molar-refractivity contribution in [2.24, 2.45) is 11.8 Å². The zero-order valence-electron chi connectivity index (χ0n) is 9.24. The van der Waals surface area contributed by atoms with Gasteiger partial charge < -0.3 is 10.4 Å². The van der Waals surface area contributed by atoms with Gasteiger partial charge in [-0.3, -0.25) is 4.79 Å². The van der Waals surface area contributed by atoms with Crippen LogP contribution in [0.2, 0.25) is 0 Å². The molecule has 1 saturated heterocycles. The van der Waals surface area contributed by atoms with Gasteiger partial charge in [0.05, 0.1) is 6.10 Å². The van der Waals surface area contributed by atoms with Crippen LogP contribution < -0.4 is 5.32 Å². The largest absolute Gasteiger partial charge is 0.393 e. The Morgan fingerprint density at radius 3 is 2.60 bits per heavy atom. The third-order valence-electron chi connectivity index (χ3n) is 3.88. The molecule has 1 aliphatic heterocycles. The Morgan fingerprint density at radius 1 is 1.07 bits per heavy atom. The monoisotopic (exact) mass is 211 g/mol. The van der Waals surface area contributed by atoms with Gasteiger partial charge in [0.15, 0.2) is 0 Å². The first-order valence-corrected chi connectivity index (χ1v) is 6.25. The molecular weight excluding hydrogens is 190 g/mol. The number of aliphatic hydroxyl groups is 1. The van der Waals surface area contributed by atoms with Crippen LogP contribution in [0.1, 0.15) is 44.9 Å². The molecule has 0 spiro atoms. The number of nitrogens with one attached hydrogen (secondary N) is 1. The number of hydrogen-bond donors (Lipinski definition) is 2. The van der Waals surface area contributed by atoms with Crippen molar-refractivity contribution in [3.05, 3.63) is 0 Å². The van der Waals surface area contributed by atoms with Gasteiger partial charge in [0.1, 0.15) is 0 Å². The van der Waals surface area contributed by atoms with Crippen molar-refractivity contribution in [2.75, 3.05) is 6.54 Å². The zero-order valence-corrected chi connectivity index (χ0v) is 9.24. The van der Waals surface area contributed by atoms with E-state index >= 15 is 0 Å². The second-order valence-electron chi connectivity index (χ2n) is 4.91. The van der Waals surface area contributed by atoms with Gasteiger partial charge in [-0.1, -0.05) is 19.3 Å². The maximum atomic E-state index is 11.8. The Labute approximate surface area is 91.2 Å². The summed E-state index contributed by atoms with van der Waals surface area (Å²) < 4.78 is 0. The molecular formula is C12H21NO2. The summed E-state index contributed by atoms with van der Waals surface area (Å²) in [4.78, 5) is 11.8. The lowest BCUT2D eigenvalue weighted by molar-refractivity contribution is -0.129. The van der Waals surface area contributed by atoms with Crippen molar-refractivity contribution in [1.29, 1.82) is 0 Å². The van der Waals surface area contributed by atoms with E-state index in [2.05, 4.69) is 5.32 Å². The van der Waals surface area contributed by atoms with Crippen LogP contribution in [-0.4, -0.2) is 23.7 Å². The summed E-state index contributed by atoms with van der Waals surface area (Å²) in [6.07, 6.45) is 7.13. The molecule has 15 heavy (non-hydrogen) atoms. The van der Waals surface area contributed by atoms with E-state index in [-0.39, 0.29) is 23.8 Å². The summed E-state index contributed by atoms with van der Waals surface area (Å²) in [7, 11) is 0. The van der Waals surface area contributed by atoms with Gasteiger partial charge in [-0.15, -0.1) is 0 Å². The molecule has 0 radical (unpaired) electrons. The topological polar surface area (TPSA) is 49.3 Å². The SMILES string of the molecule is O=C1NCCCCC1C1CCCCC1O. The minimum atomic E-state index is -0.243. The molecule has 0 aromatic rings. The average Bonchev–Trinajstić information content (AvgIpc) is 2.44. The molecule has 2 fully saturated rings. The molecule has 2 rings (SSSR count). The number of amides is 1. The van der Waals surface area contributed by atoms with E-state index < -0.39 is 0 Å². The molecule has 0 aromatic heterocycles. The van der Waals surface area contributed by atoms with Crippen LogP contribution in [0.5, 0.6) is 0 Å². The molecule has 1 heterocycles. The minimum Gasteiger partial charge on any atom is -0.393 e. The first kappa shape index (κ1) is 10.9. The Hall–Kier alpha value is -0.570. The second kappa shape index (κ2) is 4.97. The second-order valence-corrected chi connectivity index (χ2v) is 4.91. The lowest BCUT2D eigenvalue weighted by atomic mass is 9.76. The predicted octanol–water partition coefficient (Wildman–Crippen LogP) is 1.45. The van der Waals surface area contributed by atoms with E-state index in [0.29, 0.717) is 0 Å². The molecule has 2 aliphatic rings. The van der Waals surface area contributed by atoms with Crippen LogP contribution in [0.25, 0.3) is 0 Å². The summed E-state index contributed by atoms with van der Waals surface area (Å²) >= 11 is 0. The minimum absolute atomic E-state index is 0.0720. The van der Waals surface area contributed by atoms with Crippen LogP contribution in [0.15, 0.2) is 0 Å². The summed E-state index contributed by atoms with van der Waals surface area (Å²) in [6, 6.07) is 0. The first-order chi connectivity index (χ1) is 7.29. The van der Waals surface area contributed by atoms with Crippen molar-refractivity contribution in [3.8, 4) is 0 Å². The molecule has 3 atom stereocenters. The summed E-state index contributed by atoms with van der Waals surface area (Å²) in [5, 5.41) is 12.9. The molecule has 1 saturated carbocycles. The highest BCUT2D eigenvalue weighted by Crippen LogP contribution is 2.33. The smallest absolute Gasteiger partial charge is 0.223 e.